The lowest BCUT2D eigenvalue weighted by Crippen LogP contribution is -2.67. The van der Waals surface area contributed by atoms with Crippen LogP contribution in [0.25, 0.3) is 5.52 Å². The van der Waals surface area contributed by atoms with Crippen molar-refractivity contribution in [1.82, 2.24) is 18.9 Å². The molecule has 130 valence electrons. The van der Waals surface area contributed by atoms with E-state index in [2.05, 4.69) is 28.8 Å². The van der Waals surface area contributed by atoms with Gasteiger partial charge in [-0.05, 0) is 45.2 Å². The molecule has 0 N–H and O–H groups in total. The van der Waals surface area contributed by atoms with Crippen molar-refractivity contribution in [3.05, 3.63) is 23.1 Å². The van der Waals surface area contributed by atoms with E-state index in [1.807, 2.05) is 17.3 Å². The SMILES string of the molecule is Cc1cc(Cl)n2ncnc(N3CC4(CC(N([SH]=O)C(C)C)C4)C3)c12. The summed E-state index contributed by atoms with van der Waals surface area (Å²) in [4.78, 5) is 6.81. The lowest BCUT2D eigenvalue weighted by molar-refractivity contribution is 0.00812. The lowest BCUT2D eigenvalue weighted by atomic mass is 9.60. The highest BCUT2D eigenvalue weighted by Gasteiger charge is 2.54. The number of hydrogen-bond acceptors (Lipinski definition) is 4. The summed E-state index contributed by atoms with van der Waals surface area (Å²) in [5, 5.41) is 4.86. The minimum Gasteiger partial charge on any atom is -0.354 e. The molecule has 1 spiro atoms. The molecule has 0 bridgehead atoms. The summed E-state index contributed by atoms with van der Waals surface area (Å²) < 4.78 is 15.2. The monoisotopic (exact) mass is 367 g/mol. The Morgan fingerprint density at radius 3 is 2.75 bits per heavy atom. The molecule has 1 saturated carbocycles. The van der Waals surface area contributed by atoms with Crippen LogP contribution in [-0.2, 0) is 11.9 Å². The zero-order valence-corrected chi connectivity index (χ0v) is 15.8. The fraction of sp³-hybridized carbons (Fsp3) is 0.625. The number of aryl methyl sites for hydroxylation is 1. The summed E-state index contributed by atoms with van der Waals surface area (Å²) >= 11 is 6.37. The molecule has 0 amide bonds. The molecule has 3 heterocycles. The van der Waals surface area contributed by atoms with Crippen molar-refractivity contribution in [2.45, 2.75) is 45.7 Å². The minimum atomic E-state index is 0.144. The van der Waals surface area contributed by atoms with Gasteiger partial charge in [-0.2, -0.15) is 5.10 Å². The number of hydrogen-bond donors (Lipinski definition) is 1. The third-order valence-electron chi connectivity index (χ3n) is 5.37. The van der Waals surface area contributed by atoms with Crippen molar-refractivity contribution < 1.29 is 4.21 Å². The second-order valence-electron chi connectivity index (χ2n) is 7.47. The Bertz CT molecular complexity index is 793. The molecule has 24 heavy (non-hydrogen) atoms. The second kappa shape index (κ2) is 5.68. The van der Waals surface area contributed by atoms with Crippen molar-refractivity contribution in [2.24, 2.45) is 5.41 Å². The van der Waals surface area contributed by atoms with E-state index >= 15 is 0 Å². The largest absolute Gasteiger partial charge is 0.354 e. The van der Waals surface area contributed by atoms with Crippen molar-refractivity contribution in [3.8, 4) is 0 Å². The van der Waals surface area contributed by atoms with Gasteiger partial charge in [0.25, 0.3) is 0 Å². The fourth-order valence-electron chi connectivity index (χ4n) is 4.27. The zero-order valence-electron chi connectivity index (χ0n) is 14.1. The zero-order chi connectivity index (χ0) is 17.1. The van der Waals surface area contributed by atoms with Crippen LogP contribution in [0.1, 0.15) is 32.3 Å². The van der Waals surface area contributed by atoms with Gasteiger partial charge in [0, 0.05) is 30.6 Å². The van der Waals surface area contributed by atoms with Crippen LogP contribution in [0.15, 0.2) is 12.4 Å². The Labute approximate surface area is 150 Å². The first-order valence-corrected chi connectivity index (χ1v) is 9.44. The van der Waals surface area contributed by atoms with E-state index in [1.165, 1.54) is 0 Å². The van der Waals surface area contributed by atoms with Gasteiger partial charge in [-0.15, -0.1) is 0 Å². The number of thiol groups is 1. The first-order valence-electron chi connectivity index (χ1n) is 8.29. The van der Waals surface area contributed by atoms with Gasteiger partial charge in [-0.25, -0.2) is 18.0 Å². The van der Waals surface area contributed by atoms with E-state index in [0.717, 1.165) is 42.8 Å². The molecule has 0 unspecified atom stereocenters. The molecule has 0 aromatic carbocycles. The van der Waals surface area contributed by atoms with Crippen molar-refractivity contribution in [2.75, 3.05) is 18.0 Å². The molecule has 2 aromatic rings. The highest BCUT2D eigenvalue weighted by molar-refractivity contribution is 7.63. The van der Waals surface area contributed by atoms with Gasteiger partial charge >= 0.3 is 0 Å². The van der Waals surface area contributed by atoms with E-state index in [1.54, 1.807) is 10.8 Å². The molecule has 4 rings (SSSR count). The summed E-state index contributed by atoms with van der Waals surface area (Å²) in [7, 11) is 0. The van der Waals surface area contributed by atoms with Crippen LogP contribution in [-0.4, -0.2) is 48.3 Å². The molecule has 1 saturated heterocycles. The molecule has 6 nitrogen and oxygen atoms in total. The van der Waals surface area contributed by atoms with Crippen LogP contribution in [0, 0.1) is 12.3 Å². The summed E-state index contributed by atoms with van der Waals surface area (Å²) in [6.07, 6.45) is 3.79. The van der Waals surface area contributed by atoms with E-state index in [4.69, 9.17) is 11.6 Å². The van der Waals surface area contributed by atoms with Gasteiger partial charge in [-0.1, -0.05) is 11.6 Å². The molecular formula is C16H22ClN5OS. The minimum absolute atomic E-state index is 0.144. The van der Waals surface area contributed by atoms with Crippen LogP contribution in [0.5, 0.6) is 0 Å². The first-order chi connectivity index (χ1) is 11.4. The van der Waals surface area contributed by atoms with Gasteiger partial charge in [0.1, 0.15) is 17.0 Å². The summed E-state index contributed by atoms with van der Waals surface area (Å²) in [5.74, 6) is 0.964. The Kier molecular flexibility index (Phi) is 3.85. The van der Waals surface area contributed by atoms with Crippen molar-refractivity contribution >= 4 is 34.8 Å². The van der Waals surface area contributed by atoms with E-state index in [0.29, 0.717) is 22.7 Å². The topological polar surface area (TPSA) is 53.7 Å². The summed E-state index contributed by atoms with van der Waals surface area (Å²) in [6.45, 7) is 8.23. The number of rotatable bonds is 4. The Hall–Kier alpha value is -1.18. The maximum Gasteiger partial charge on any atom is 0.156 e. The number of fused-ring (bicyclic) bond motifs is 1. The molecule has 2 aromatic heterocycles. The Morgan fingerprint density at radius 2 is 2.12 bits per heavy atom. The predicted octanol–water partition coefficient (Wildman–Crippen LogP) is 2.23. The molecule has 1 aliphatic heterocycles. The third-order valence-corrected chi connectivity index (χ3v) is 6.62. The fourth-order valence-corrected chi connectivity index (χ4v) is 5.05. The van der Waals surface area contributed by atoms with Crippen LogP contribution in [0.2, 0.25) is 5.15 Å². The van der Waals surface area contributed by atoms with Crippen LogP contribution in [0.3, 0.4) is 0 Å². The van der Waals surface area contributed by atoms with Gasteiger partial charge < -0.3 is 4.90 Å². The smallest absolute Gasteiger partial charge is 0.156 e. The second-order valence-corrected chi connectivity index (χ2v) is 8.48. The summed E-state index contributed by atoms with van der Waals surface area (Å²) in [6, 6.07) is 2.67. The van der Waals surface area contributed by atoms with Crippen LogP contribution in [0.4, 0.5) is 5.82 Å². The van der Waals surface area contributed by atoms with E-state index < -0.39 is 0 Å². The lowest BCUT2D eigenvalue weighted by Gasteiger charge is -2.61. The molecule has 0 radical (unpaired) electrons. The number of halogens is 1. The molecule has 8 heteroatoms. The molecular weight excluding hydrogens is 346 g/mol. The van der Waals surface area contributed by atoms with Gasteiger partial charge in [0.2, 0.25) is 0 Å². The normalized spacial score (nSPS) is 20.2. The third kappa shape index (κ3) is 2.36. The van der Waals surface area contributed by atoms with E-state index in [-0.39, 0.29) is 11.9 Å². The molecule has 2 aliphatic rings. The molecule has 0 atom stereocenters. The van der Waals surface area contributed by atoms with Crippen molar-refractivity contribution in [3.63, 3.8) is 0 Å². The van der Waals surface area contributed by atoms with Crippen LogP contribution < -0.4 is 4.90 Å². The average molecular weight is 368 g/mol. The average Bonchev–Trinajstić information content (AvgIpc) is 2.75. The quantitative estimate of drug-likeness (QED) is 0.842. The first kappa shape index (κ1) is 16.3. The molecule has 2 fully saturated rings. The van der Waals surface area contributed by atoms with Gasteiger partial charge in [0.05, 0.1) is 11.9 Å². The predicted molar refractivity (Wildman–Crippen MR) is 96.9 cm³/mol. The Morgan fingerprint density at radius 1 is 1.42 bits per heavy atom. The highest BCUT2D eigenvalue weighted by Crippen LogP contribution is 2.51. The van der Waals surface area contributed by atoms with Crippen molar-refractivity contribution in [1.29, 1.82) is 0 Å². The number of aromatic nitrogens is 3. The number of nitrogens with zero attached hydrogens (tertiary/aromatic N) is 5. The number of anilines is 1. The van der Waals surface area contributed by atoms with Gasteiger partial charge in [0.15, 0.2) is 5.82 Å². The van der Waals surface area contributed by atoms with Crippen LogP contribution >= 0.6 is 11.6 Å². The maximum absolute atomic E-state index is 11.4. The molecule has 1 aliphatic carbocycles. The standard InChI is InChI=1S/C16H22ClN5OS/c1-10(2)22(24-23)12-5-16(6-12)7-20(8-16)15-14-11(3)4-13(17)21(14)19-9-18-15/h4,9-10,12,24H,5-8H2,1-3H3. The summed E-state index contributed by atoms with van der Waals surface area (Å²) in [5.41, 5.74) is 2.45. The Balaban J connectivity index is 1.49. The van der Waals surface area contributed by atoms with E-state index in [9.17, 15) is 4.21 Å². The maximum atomic E-state index is 11.4. The highest BCUT2D eigenvalue weighted by atomic mass is 35.5. The van der Waals surface area contributed by atoms with Gasteiger partial charge in [-0.3, -0.25) is 0 Å².